The molecule has 0 bridgehead atoms. The van der Waals surface area contributed by atoms with E-state index in [4.69, 9.17) is 5.11 Å². The second-order valence-electron chi connectivity index (χ2n) is 5.78. The van der Waals surface area contributed by atoms with Gasteiger partial charge in [-0.2, -0.15) is 4.31 Å². The van der Waals surface area contributed by atoms with Gasteiger partial charge in [-0.05, 0) is 42.2 Å². The van der Waals surface area contributed by atoms with Gasteiger partial charge in [0.2, 0.25) is 10.0 Å². The number of aliphatic hydroxyl groups excluding tert-OH is 2. The number of sulfonamides is 1. The highest BCUT2D eigenvalue weighted by Crippen LogP contribution is 2.28. The average Bonchev–Trinajstić information content (AvgIpc) is 3.17. The molecule has 0 aliphatic carbocycles. The van der Waals surface area contributed by atoms with Crippen LogP contribution in [-0.2, 0) is 23.2 Å². The van der Waals surface area contributed by atoms with E-state index in [1.165, 1.54) is 10.4 Å². The molecule has 0 spiro atoms. The molecule has 1 aliphatic heterocycles. The van der Waals surface area contributed by atoms with Gasteiger partial charge in [-0.15, -0.1) is 0 Å². The molecule has 0 unspecified atom stereocenters. The second kappa shape index (κ2) is 6.98. The lowest BCUT2D eigenvalue weighted by Gasteiger charge is -2.17. The van der Waals surface area contributed by atoms with Crippen molar-refractivity contribution >= 4 is 10.0 Å². The maximum absolute atomic E-state index is 12.6. The number of aliphatic hydroxyl groups is 2. The van der Waals surface area contributed by atoms with Crippen molar-refractivity contribution in [1.82, 2.24) is 9.29 Å². The van der Waals surface area contributed by atoms with E-state index in [1.807, 2.05) is 0 Å². The molecule has 2 aromatic rings. The fourth-order valence-electron chi connectivity index (χ4n) is 2.90. The molecule has 3 rings (SSSR count). The van der Waals surface area contributed by atoms with Gasteiger partial charge >= 0.3 is 0 Å². The smallest absolute Gasteiger partial charge is 0.243 e. The van der Waals surface area contributed by atoms with Gasteiger partial charge < -0.3 is 10.2 Å². The quantitative estimate of drug-likeness (QED) is 0.855. The Morgan fingerprint density at radius 3 is 2.38 bits per heavy atom. The number of rotatable bonds is 5. The highest BCUT2D eigenvalue weighted by molar-refractivity contribution is 7.89. The number of hydrogen-bond donors (Lipinski definition) is 2. The van der Waals surface area contributed by atoms with Crippen LogP contribution < -0.4 is 0 Å². The van der Waals surface area contributed by atoms with Gasteiger partial charge in [-0.1, -0.05) is 12.1 Å². The first-order valence-electron chi connectivity index (χ1n) is 7.86. The highest BCUT2D eigenvalue weighted by atomic mass is 32.2. The monoisotopic (exact) mass is 348 g/mol. The van der Waals surface area contributed by atoms with Crippen molar-refractivity contribution in [2.24, 2.45) is 0 Å². The van der Waals surface area contributed by atoms with Crippen molar-refractivity contribution in [2.45, 2.75) is 31.0 Å². The third-order valence-corrected chi connectivity index (χ3v) is 6.14. The molecule has 0 amide bonds. The van der Waals surface area contributed by atoms with Crippen molar-refractivity contribution in [2.75, 3.05) is 13.1 Å². The van der Waals surface area contributed by atoms with Crippen LogP contribution in [0.1, 0.15) is 24.1 Å². The summed E-state index contributed by atoms with van der Waals surface area (Å²) in [5.41, 5.74) is 2.59. The zero-order valence-corrected chi connectivity index (χ0v) is 14.0. The highest BCUT2D eigenvalue weighted by Gasteiger charge is 2.27. The Bertz CT molecular complexity index is 813. The molecule has 1 fully saturated rings. The lowest BCUT2D eigenvalue weighted by molar-refractivity contribution is 0.277. The molecule has 0 saturated carbocycles. The third-order valence-electron chi connectivity index (χ3n) is 4.25. The van der Waals surface area contributed by atoms with E-state index < -0.39 is 10.0 Å². The summed E-state index contributed by atoms with van der Waals surface area (Å²) in [6.45, 7) is 0.691. The van der Waals surface area contributed by atoms with Crippen molar-refractivity contribution in [3.63, 3.8) is 0 Å². The van der Waals surface area contributed by atoms with E-state index in [0.29, 0.717) is 24.3 Å². The van der Waals surface area contributed by atoms with Crippen molar-refractivity contribution in [1.29, 1.82) is 0 Å². The van der Waals surface area contributed by atoms with E-state index in [2.05, 4.69) is 4.98 Å². The van der Waals surface area contributed by atoms with Gasteiger partial charge in [0.05, 0.1) is 23.8 Å². The zero-order chi connectivity index (χ0) is 17.2. The maximum atomic E-state index is 12.6. The van der Waals surface area contributed by atoms with Gasteiger partial charge in [-0.25, -0.2) is 8.42 Å². The van der Waals surface area contributed by atoms with E-state index in [9.17, 15) is 13.5 Å². The summed E-state index contributed by atoms with van der Waals surface area (Å²) >= 11 is 0. The third kappa shape index (κ3) is 3.21. The number of hydrogen-bond acceptors (Lipinski definition) is 5. The van der Waals surface area contributed by atoms with Crippen molar-refractivity contribution in [3.05, 3.63) is 47.8 Å². The van der Waals surface area contributed by atoms with Crippen LogP contribution in [0.3, 0.4) is 0 Å². The topological polar surface area (TPSA) is 90.7 Å². The number of pyridine rings is 1. The van der Waals surface area contributed by atoms with Gasteiger partial charge in [0, 0.05) is 24.8 Å². The fourth-order valence-corrected chi connectivity index (χ4v) is 4.47. The summed E-state index contributed by atoms with van der Waals surface area (Å²) in [6, 6.07) is 8.29. The molecule has 1 aromatic heterocycles. The molecule has 1 aromatic carbocycles. The molecule has 7 heteroatoms. The summed E-state index contributed by atoms with van der Waals surface area (Å²) in [6.07, 6.45) is 3.37. The van der Waals surface area contributed by atoms with E-state index in [1.54, 1.807) is 30.5 Å². The van der Waals surface area contributed by atoms with Crippen LogP contribution in [0.4, 0.5) is 0 Å². The molecule has 24 heavy (non-hydrogen) atoms. The SMILES string of the molecule is O=S(=O)(c1ccc(-c2ccc(CO)nc2)c(CO)c1)N1CCCC1. The number of aromatic nitrogens is 1. The Morgan fingerprint density at radius 2 is 1.79 bits per heavy atom. The standard InChI is InChI=1S/C17H20N2O4S/c20-11-14-9-16(24(22,23)19-7-1-2-8-19)5-6-17(14)13-3-4-15(12-21)18-10-13/h3-6,9-10,20-21H,1-2,7-8,11-12H2. The lowest BCUT2D eigenvalue weighted by Crippen LogP contribution is -2.27. The molecule has 1 saturated heterocycles. The van der Waals surface area contributed by atoms with E-state index in [0.717, 1.165) is 24.0 Å². The van der Waals surface area contributed by atoms with Crippen molar-refractivity contribution < 1.29 is 18.6 Å². The van der Waals surface area contributed by atoms with Crippen LogP contribution in [-0.4, -0.2) is 41.0 Å². The molecular formula is C17H20N2O4S. The predicted octanol–water partition coefficient (Wildman–Crippen LogP) is 1.52. The molecule has 128 valence electrons. The van der Waals surface area contributed by atoms with Crippen LogP contribution in [0.15, 0.2) is 41.4 Å². The van der Waals surface area contributed by atoms with Gasteiger partial charge in [0.15, 0.2) is 0 Å². The molecule has 0 atom stereocenters. The maximum Gasteiger partial charge on any atom is 0.243 e. The van der Waals surface area contributed by atoms with Gasteiger partial charge in [0.25, 0.3) is 0 Å². The van der Waals surface area contributed by atoms with Crippen LogP contribution in [0, 0.1) is 0 Å². The summed E-state index contributed by atoms with van der Waals surface area (Å²) in [7, 11) is -3.51. The molecule has 6 nitrogen and oxygen atoms in total. The Balaban J connectivity index is 1.98. The van der Waals surface area contributed by atoms with Crippen LogP contribution in [0.2, 0.25) is 0 Å². The first kappa shape index (κ1) is 17.0. The molecule has 2 N–H and O–H groups in total. The first-order chi connectivity index (χ1) is 11.6. The first-order valence-corrected chi connectivity index (χ1v) is 9.30. The predicted molar refractivity (Wildman–Crippen MR) is 89.5 cm³/mol. The van der Waals surface area contributed by atoms with Crippen molar-refractivity contribution in [3.8, 4) is 11.1 Å². The summed E-state index contributed by atoms with van der Waals surface area (Å²) in [4.78, 5) is 4.33. The minimum absolute atomic E-state index is 0.139. The Hall–Kier alpha value is -1.80. The molecule has 1 aliphatic rings. The summed E-state index contributed by atoms with van der Waals surface area (Å²) in [5, 5.41) is 18.7. The lowest BCUT2D eigenvalue weighted by atomic mass is 10.0. The minimum Gasteiger partial charge on any atom is -0.392 e. The second-order valence-corrected chi connectivity index (χ2v) is 7.72. The van der Waals surface area contributed by atoms with Crippen LogP contribution >= 0.6 is 0 Å². The average molecular weight is 348 g/mol. The molecular weight excluding hydrogens is 328 g/mol. The fraction of sp³-hybridized carbons (Fsp3) is 0.353. The normalized spacial score (nSPS) is 15.8. The van der Waals surface area contributed by atoms with Gasteiger partial charge in [0.1, 0.15) is 0 Å². The van der Waals surface area contributed by atoms with E-state index >= 15 is 0 Å². The molecule has 0 radical (unpaired) electrons. The van der Waals surface area contributed by atoms with Crippen LogP contribution in [0.5, 0.6) is 0 Å². The van der Waals surface area contributed by atoms with Gasteiger partial charge in [-0.3, -0.25) is 4.98 Å². The Kier molecular flexibility index (Phi) is 4.96. The minimum atomic E-state index is -3.51. The molecule has 2 heterocycles. The summed E-state index contributed by atoms with van der Waals surface area (Å²) < 4.78 is 26.8. The zero-order valence-electron chi connectivity index (χ0n) is 13.2. The number of nitrogens with zero attached hydrogens (tertiary/aromatic N) is 2. The Labute approximate surface area is 141 Å². The largest absolute Gasteiger partial charge is 0.392 e. The Morgan fingerprint density at radius 1 is 1.04 bits per heavy atom. The van der Waals surface area contributed by atoms with Crippen LogP contribution in [0.25, 0.3) is 11.1 Å². The number of benzene rings is 1. The summed E-state index contributed by atoms with van der Waals surface area (Å²) in [5.74, 6) is 0. The van der Waals surface area contributed by atoms with E-state index in [-0.39, 0.29) is 18.1 Å².